The molecule has 0 heterocycles. The summed E-state index contributed by atoms with van der Waals surface area (Å²) in [6.45, 7) is -0.517. The van der Waals surface area contributed by atoms with E-state index in [0.717, 1.165) is 4.47 Å². The number of carbonyl (C=O) groups is 2. The molecule has 0 saturated heterocycles. The highest BCUT2D eigenvalue weighted by Gasteiger charge is 2.14. The molecule has 2 aromatic carbocycles. The van der Waals surface area contributed by atoms with Crippen LogP contribution in [-0.2, 0) is 20.7 Å². The molecule has 0 aromatic heterocycles. The number of carbonyl (C=O) groups excluding carboxylic acids is 2. The molecule has 2 rings (SSSR count). The minimum absolute atomic E-state index is 0.0283. The lowest BCUT2D eigenvalue weighted by Crippen LogP contribution is -2.22. The number of amides is 1. The SMILES string of the molecule is O=C(COC(=O)Cc1c(F)cccc1Cl)Nc1ccc(Br)cc1Cl. The summed E-state index contributed by atoms with van der Waals surface area (Å²) in [5, 5.41) is 2.97. The Bertz CT molecular complexity index is 766. The summed E-state index contributed by atoms with van der Waals surface area (Å²) in [4.78, 5) is 23.5. The summed E-state index contributed by atoms with van der Waals surface area (Å²) in [6.07, 6.45) is -0.363. The molecular weight excluding hydrogens is 424 g/mol. The van der Waals surface area contributed by atoms with Gasteiger partial charge >= 0.3 is 5.97 Å². The minimum atomic E-state index is -0.765. The average molecular weight is 435 g/mol. The molecule has 126 valence electrons. The van der Waals surface area contributed by atoms with Crippen LogP contribution in [0, 0.1) is 5.82 Å². The molecule has 24 heavy (non-hydrogen) atoms. The van der Waals surface area contributed by atoms with E-state index >= 15 is 0 Å². The monoisotopic (exact) mass is 433 g/mol. The maximum Gasteiger partial charge on any atom is 0.310 e. The number of benzene rings is 2. The number of halogens is 4. The summed E-state index contributed by atoms with van der Waals surface area (Å²) >= 11 is 15.0. The highest BCUT2D eigenvalue weighted by Crippen LogP contribution is 2.25. The zero-order valence-corrected chi connectivity index (χ0v) is 15.2. The fourth-order valence-corrected chi connectivity index (χ4v) is 2.77. The van der Waals surface area contributed by atoms with E-state index in [2.05, 4.69) is 21.2 Å². The Labute approximate surface area is 156 Å². The molecule has 0 aliphatic heterocycles. The summed E-state index contributed by atoms with van der Waals surface area (Å²) in [5.41, 5.74) is 0.415. The normalized spacial score (nSPS) is 10.3. The van der Waals surface area contributed by atoms with Crippen LogP contribution in [-0.4, -0.2) is 18.5 Å². The van der Waals surface area contributed by atoms with Crippen molar-refractivity contribution in [2.75, 3.05) is 11.9 Å². The van der Waals surface area contributed by atoms with E-state index in [1.165, 1.54) is 18.2 Å². The van der Waals surface area contributed by atoms with Gasteiger partial charge in [0.2, 0.25) is 0 Å². The van der Waals surface area contributed by atoms with Gasteiger partial charge in [-0.05, 0) is 30.3 Å². The molecule has 0 aliphatic rings. The summed E-state index contributed by atoms with van der Waals surface area (Å²) in [6, 6.07) is 9.01. The molecular formula is C16H11BrCl2FNO3. The van der Waals surface area contributed by atoms with Gasteiger partial charge in [0.05, 0.1) is 17.1 Å². The van der Waals surface area contributed by atoms with Crippen LogP contribution in [0.1, 0.15) is 5.56 Å². The Morgan fingerprint density at radius 1 is 1.17 bits per heavy atom. The largest absolute Gasteiger partial charge is 0.455 e. The Morgan fingerprint density at radius 2 is 1.92 bits per heavy atom. The lowest BCUT2D eigenvalue weighted by Gasteiger charge is -2.09. The van der Waals surface area contributed by atoms with E-state index < -0.39 is 24.3 Å². The van der Waals surface area contributed by atoms with Crippen LogP contribution in [0.5, 0.6) is 0 Å². The maximum atomic E-state index is 13.6. The van der Waals surface area contributed by atoms with Crippen molar-refractivity contribution in [3.05, 3.63) is 62.3 Å². The predicted octanol–water partition coefficient (Wildman–Crippen LogP) is 4.62. The van der Waals surface area contributed by atoms with E-state index in [4.69, 9.17) is 27.9 Å². The topological polar surface area (TPSA) is 55.4 Å². The molecule has 0 saturated carbocycles. The van der Waals surface area contributed by atoms with Crippen molar-refractivity contribution in [3.63, 3.8) is 0 Å². The molecule has 8 heteroatoms. The molecule has 1 N–H and O–H groups in total. The number of hydrogen-bond donors (Lipinski definition) is 1. The lowest BCUT2D eigenvalue weighted by molar-refractivity contribution is -0.146. The molecule has 0 bridgehead atoms. The Hall–Kier alpha value is -1.63. The third kappa shape index (κ3) is 5.19. The zero-order valence-electron chi connectivity index (χ0n) is 12.1. The Kier molecular flexibility index (Phi) is 6.60. The van der Waals surface area contributed by atoms with Crippen molar-refractivity contribution in [3.8, 4) is 0 Å². The Balaban J connectivity index is 1.88. The average Bonchev–Trinajstić information content (AvgIpc) is 2.52. The van der Waals surface area contributed by atoms with Gasteiger partial charge < -0.3 is 10.1 Å². The molecule has 0 atom stereocenters. The van der Waals surface area contributed by atoms with Crippen LogP contribution >= 0.6 is 39.1 Å². The van der Waals surface area contributed by atoms with Crippen molar-refractivity contribution in [2.45, 2.75) is 6.42 Å². The first-order valence-electron chi connectivity index (χ1n) is 6.70. The van der Waals surface area contributed by atoms with Gasteiger partial charge in [0, 0.05) is 15.1 Å². The van der Waals surface area contributed by atoms with Crippen LogP contribution in [0.3, 0.4) is 0 Å². The Morgan fingerprint density at radius 3 is 2.58 bits per heavy atom. The molecule has 2 aromatic rings. The van der Waals surface area contributed by atoms with Gasteiger partial charge in [-0.3, -0.25) is 9.59 Å². The van der Waals surface area contributed by atoms with Gasteiger partial charge in [-0.25, -0.2) is 4.39 Å². The van der Waals surface area contributed by atoms with Crippen LogP contribution in [0.2, 0.25) is 10.0 Å². The van der Waals surface area contributed by atoms with Crippen molar-refractivity contribution in [1.82, 2.24) is 0 Å². The second-order valence-electron chi connectivity index (χ2n) is 4.71. The quantitative estimate of drug-likeness (QED) is 0.698. The van der Waals surface area contributed by atoms with Crippen LogP contribution < -0.4 is 5.32 Å². The molecule has 0 radical (unpaired) electrons. The van der Waals surface area contributed by atoms with Crippen LogP contribution in [0.4, 0.5) is 10.1 Å². The van der Waals surface area contributed by atoms with Crippen LogP contribution in [0.25, 0.3) is 0 Å². The molecule has 0 fully saturated rings. The van der Waals surface area contributed by atoms with Gasteiger partial charge in [-0.2, -0.15) is 0 Å². The molecule has 4 nitrogen and oxygen atoms in total. The van der Waals surface area contributed by atoms with Gasteiger partial charge in [0.15, 0.2) is 6.61 Å². The molecule has 0 unspecified atom stereocenters. The number of anilines is 1. The minimum Gasteiger partial charge on any atom is -0.455 e. The van der Waals surface area contributed by atoms with Gasteiger partial charge in [-0.1, -0.05) is 45.2 Å². The highest BCUT2D eigenvalue weighted by atomic mass is 79.9. The van der Waals surface area contributed by atoms with E-state index in [0.29, 0.717) is 10.7 Å². The number of ether oxygens (including phenoxy) is 1. The predicted molar refractivity (Wildman–Crippen MR) is 93.9 cm³/mol. The fourth-order valence-electron chi connectivity index (χ4n) is 1.82. The summed E-state index contributed by atoms with van der Waals surface area (Å²) in [7, 11) is 0. The first kappa shape index (κ1) is 18.7. The smallest absolute Gasteiger partial charge is 0.310 e. The maximum absolute atomic E-state index is 13.6. The van der Waals surface area contributed by atoms with E-state index in [1.807, 2.05) is 0 Å². The van der Waals surface area contributed by atoms with Crippen molar-refractivity contribution in [2.24, 2.45) is 0 Å². The number of nitrogens with one attached hydrogen (secondary N) is 1. The van der Waals surface area contributed by atoms with Gasteiger partial charge in [0.1, 0.15) is 5.82 Å². The van der Waals surface area contributed by atoms with Crippen molar-refractivity contribution < 1.29 is 18.7 Å². The first-order chi connectivity index (χ1) is 11.4. The number of hydrogen-bond acceptors (Lipinski definition) is 3. The molecule has 0 aliphatic carbocycles. The number of esters is 1. The van der Waals surface area contributed by atoms with E-state index in [-0.39, 0.29) is 17.0 Å². The van der Waals surface area contributed by atoms with Gasteiger partial charge in [-0.15, -0.1) is 0 Å². The van der Waals surface area contributed by atoms with E-state index in [9.17, 15) is 14.0 Å². The van der Waals surface area contributed by atoms with Crippen LogP contribution in [0.15, 0.2) is 40.9 Å². The third-order valence-electron chi connectivity index (χ3n) is 2.95. The molecule has 1 amide bonds. The second kappa shape index (κ2) is 8.46. The second-order valence-corrected chi connectivity index (χ2v) is 6.44. The summed E-state index contributed by atoms with van der Waals surface area (Å²) in [5.74, 6) is -1.93. The highest BCUT2D eigenvalue weighted by molar-refractivity contribution is 9.10. The standard InChI is InChI=1S/C16H11BrCl2FNO3/c17-9-4-5-14(12(19)6-9)21-15(22)8-24-16(23)7-10-11(18)2-1-3-13(10)20/h1-6H,7-8H2,(H,21,22). The summed E-state index contributed by atoms with van der Waals surface area (Å²) < 4.78 is 19.2. The zero-order chi connectivity index (χ0) is 17.7. The number of rotatable bonds is 5. The molecule has 0 spiro atoms. The van der Waals surface area contributed by atoms with Crippen molar-refractivity contribution in [1.29, 1.82) is 0 Å². The van der Waals surface area contributed by atoms with E-state index in [1.54, 1.807) is 18.2 Å². The third-order valence-corrected chi connectivity index (χ3v) is 4.11. The van der Waals surface area contributed by atoms with Gasteiger partial charge in [0.25, 0.3) is 5.91 Å². The lowest BCUT2D eigenvalue weighted by atomic mass is 10.1. The first-order valence-corrected chi connectivity index (χ1v) is 8.25. The van der Waals surface area contributed by atoms with Crippen molar-refractivity contribution >= 4 is 56.7 Å². The fraction of sp³-hybridized carbons (Fsp3) is 0.125.